The van der Waals surface area contributed by atoms with E-state index in [1.165, 1.54) is 11.8 Å². The van der Waals surface area contributed by atoms with Gasteiger partial charge in [0.25, 0.3) is 0 Å². The summed E-state index contributed by atoms with van der Waals surface area (Å²) < 4.78 is 7.35. The Bertz CT molecular complexity index is 1240. The molecule has 0 atom stereocenters. The van der Waals surface area contributed by atoms with Crippen LogP contribution in [0.4, 0.5) is 5.69 Å². The largest absolute Gasteiger partial charge is 0.496 e. The number of rotatable bonds is 8. The third-order valence-corrected chi connectivity index (χ3v) is 6.31. The lowest BCUT2D eigenvalue weighted by molar-refractivity contribution is -0.116. The molecule has 0 N–H and O–H groups in total. The number of carbonyl (C=O) groups excluding carboxylic acids is 1. The number of ether oxygens (including phenoxy) is 1. The van der Waals surface area contributed by atoms with E-state index in [-0.39, 0.29) is 11.7 Å². The first-order chi connectivity index (χ1) is 16.1. The summed E-state index contributed by atoms with van der Waals surface area (Å²) in [5.41, 5.74) is 3.94. The van der Waals surface area contributed by atoms with E-state index in [1.54, 1.807) is 7.11 Å². The normalized spacial score (nSPS) is 10.8. The Morgan fingerprint density at radius 2 is 1.76 bits per heavy atom. The molecule has 0 radical (unpaired) electrons. The number of hydrogen-bond acceptors (Lipinski definition) is 5. The van der Waals surface area contributed by atoms with E-state index in [1.807, 2.05) is 102 Å². The molecular weight excluding hydrogens is 432 g/mol. The van der Waals surface area contributed by atoms with E-state index in [2.05, 4.69) is 10.2 Å². The first-order valence-electron chi connectivity index (χ1n) is 10.6. The zero-order valence-corrected chi connectivity index (χ0v) is 19.7. The number of para-hydroxylation sites is 1. The van der Waals surface area contributed by atoms with Crippen molar-refractivity contribution in [1.29, 1.82) is 0 Å². The van der Waals surface area contributed by atoms with Crippen LogP contribution < -0.4 is 9.64 Å². The molecule has 0 bridgehead atoms. The minimum absolute atomic E-state index is 0.0105. The molecule has 1 amide bonds. The Kier molecular flexibility index (Phi) is 7.10. The van der Waals surface area contributed by atoms with Gasteiger partial charge < -0.3 is 14.2 Å². The monoisotopic (exact) mass is 458 g/mol. The Hall–Kier alpha value is -3.58. The van der Waals surface area contributed by atoms with Crippen LogP contribution in [0.3, 0.4) is 0 Å². The molecule has 0 saturated carbocycles. The van der Waals surface area contributed by atoms with Crippen LogP contribution in [0.25, 0.3) is 11.4 Å². The summed E-state index contributed by atoms with van der Waals surface area (Å²) in [5.74, 6) is 1.69. The number of methoxy groups -OCH3 is 1. The van der Waals surface area contributed by atoms with Crippen LogP contribution in [-0.4, -0.2) is 33.5 Å². The Morgan fingerprint density at radius 3 is 2.52 bits per heavy atom. The Labute approximate surface area is 198 Å². The van der Waals surface area contributed by atoms with Crippen LogP contribution in [-0.2, 0) is 18.4 Å². The maximum Gasteiger partial charge on any atom is 0.237 e. The highest BCUT2D eigenvalue weighted by Gasteiger charge is 2.20. The van der Waals surface area contributed by atoms with Crippen molar-refractivity contribution in [1.82, 2.24) is 14.8 Å². The average molecular weight is 459 g/mol. The van der Waals surface area contributed by atoms with E-state index in [9.17, 15) is 4.79 Å². The third-order valence-electron chi connectivity index (χ3n) is 5.31. The molecule has 33 heavy (non-hydrogen) atoms. The summed E-state index contributed by atoms with van der Waals surface area (Å²) in [7, 11) is 3.53. The fraction of sp³-hybridized carbons (Fsp3) is 0.192. The maximum atomic E-state index is 13.3. The van der Waals surface area contributed by atoms with Crippen molar-refractivity contribution in [3.8, 4) is 17.1 Å². The number of aromatic nitrogens is 3. The fourth-order valence-electron chi connectivity index (χ4n) is 3.59. The van der Waals surface area contributed by atoms with Crippen molar-refractivity contribution in [3.63, 3.8) is 0 Å². The topological polar surface area (TPSA) is 60.3 Å². The van der Waals surface area contributed by atoms with Crippen molar-refractivity contribution < 1.29 is 9.53 Å². The lowest BCUT2D eigenvalue weighted by Crippen LogP contribution is -2.32. The molecule has 7 heteroatoms. The van der Waals surface area contributed by atoms with Gasteiger partial charge in [-0.1, -0.05) is 66.4 Å². The minimum atomic E-state index is 0.0105. The standard InChI is InChI=1S/C26H26N4O2S/c1-19-10-9-13-21(16-19)30(17-20-11-5-4-6-12-20)24(31)18-33-26-28-27-25(29(26)2)22-14-7-8-15-23(22)32-3/h4-16H,17-18H2,1-3H3. The van der Waals surface area contributed by atoms with Crippen molar-refractivity contribution >= 4 is 23.4 Å². The summed E-state index contributed by atoms with van der Waals surface area (Å²) in [6.07, 6.45) is 0. The molecule has 0 saturated heterocycles. The molecule has 0 spiro atoms. The van der Waals surface area contributed by atoms with Gasteiger partial charge in [0, 0.05) is 12.7 Å². The zero-order valence-electron chi connectivity index (χ0n) is 18.9. The van der Waals surface area contributed by atoms with Gasteiger partial charge in [-0.05, 0) is 42.3 Å². The van der Waals surface area contributed by atoms with Gasteiger partial charge in [0.2, 0.25) is 5.91 Å². The molecule has 4 aromatic rings. The first kappa shape index (κ1) is 22.6. The molecule has 0 unspecified atom stereocenters. The molecule has 0 aliphatic rings. The van der Waals surface area contributed by atoms with Crippen LogP contribution >= 0.6 is 11.8 Å². The van der Waals surface area contributed by atoms with Crippen LogP contribution in [0.5, 0.6) is 5.75 Å². The maximum absolute atomic E-state index is 13.3. The van der Waals surface area contributed by atoms with Crippen molar-refractivity contribution in [3.05, 3.63) is 90.0 Å². The summed E-state index contributed by atoms with van der Waals surface area (Å²) >= 11 is 1.38. The molecule has 0 fully saturated rings. The Balaban J connectivity index is 1.54. The van der Waals surface area contributed by atoms with Crippen molar-refractivity contribution in [2.45, 2.75) is 18.6 Å². The zero-order chi connectivity index (χ0) is 23.2. The van der Waals surface area contributed by atoms with E-state index in [0.29, 0.717) is 17.5 Å². The van der Waals surface area contributed by atoms with Gasteiger partial charge in [0.15, 0.2) is 11.0 Å². The van der Waals surface area contributed by atoms with Gasteiger partial charge in [-0.3, -0.25) is 4.79 Å². The van der Waals surface area contributed by atoms with E-state index in [0.717, 1.165) is 28.1 Å². The van der Waals surface area contributed by atoms with Gasteiger partial charge in [-0.25, -0.2) is 0 Å². The Morgan fingerprint density at radius 1 is 1.00 bits per heavy atom. The van der Waals surface area contributed by atoms with Crippen LogP contribution in [0, 0.1) is 6.92 Å². The lowest BCUT2D eigenvalue weighted by atomic mass is 10.1. The molecule has 1 aromatic heterocycles. The second-order valence-electron chi connectivity index (χ2n) is 7.66. The van der Waals surface area contributed by atoms with Gasteiger partial charge in [-0.15, -0.1) is 10.2 Å². The van der Waals surface area contributed by atoms with Crippen LogP contribution in [0.1, 0.15) is 11.1 Å². The third kappa shape index (κ3) is 5.26. The van der Waals surface area contributed by atoms with Crippen molar-refractivity contribution in [2.75, 3.05) is 17.8 Å². The smallest absolute Gasteiger partial charge is 0.237 e. The SMILES string of the molecule is COc1ccccc1-c1nnc(SCC(=O)N(Cc2ccccc2)c2cccc(C)c2)n1C. The molecular formula is C26H26N4O2S. The summed E-state index contributed by atoms with van der Waals surface area (Å²) in [4.78, 5) is 15.2. The van der Waals surface area contributed by atoms with Crippen LogP contribution in [0.15, 0.2) is 84.0 Å². The van der Waals surface area contributed by atoms with Gasteiger partial charge in [-0.2, -0.15) is 0 Å². The molecule has 0 aliphatic carbocycles. The first-order valence-corrected chi connectivity index (χ1v) is 11.6. The number of benzene rings is 3. The second kappa shape index (κ2) is 10.4. The molecule has 4 rings (SSSR count). The lowest BCUT2D eigenvalue weighted by Gasteiger charge is -2.23. The molecule has 0 aliphatic heterocycles. The number of thioether (sulfide) groups is 1. The number of nitrogens with zero attached hydrogens (tertiary/aromatic N) is 4. The van der Waals surface area contributed by atoms with Gasteiger partial charge in [0.1, 0.15) is 5.75 Å². The summed E-state index contributed by atoms with van der Waals surface area (Å²) in [5, 5.41) is 9.34. The number of amides is 1. The summed E-state index contributed by atoms with van der Waals surface area (Å²) in [6, 6.07) is 25.7. The average Bonchev–Trinajstić information content (AvgIpc) is 3.21. The number of anilines is 1. The van der Waals surface area contributed by atoms with E-state index in [4.69, 9.17) is 4.74 Å². The molecule has 6 nitrogen and oxygen atoms in total. The predicted molar refractivity (Wildman–Crippen MR) is 133 cm³/mol. The second-order valence-corrected chi connectivity index (χ2v) is 8.60. The number of carbonyl (C=O) groups is 1. The number of hydrogen-bond donors (Lipinski definition) is 0. The quantitative estimate of drug-likeness (QED) is 0.343. The minimum Gasteiger partial charge on any atom is -0.496 e. The van der Waals surface area contributed by atoms with E-state index < -0.39 is 0 Å². The summed E-state index contributed by atoms with van der Waals surface area (Å²) in [6.45, 7) is 2.54. The molecule has 3 aromatic carbocycles. The highest BCUT2D eigenvalue weighted by molar-refractivity contribution is 7.99. The van der Waals surface area contributed by atoms with Crippen molar-refractivity contribution in [2.24, 2.45) is 7.05 Å². The predicted octanol–water partition coefficient (Wildman–Crippen LogP) is 5.12. The number of aryl methyl sites for hydroxylation is 1. The highest BCUT2D eigenvalue weighted by atomic mass is 32.2. The van der Waals surface area contributed by atoms with Gasteiger partial charge in [0.05, 0.1) is 25.0 Å². The highest BCUT2D eigenvalue weighted by Crippen LogP contribution is 2.30. The molecule has 1 heterocycles. The van der Waals surface area contributed by atoms with Gasteiger partial charge >= 0.3 is 0 Å². The molecule has 168 valence electrons. The van der Waals surface area contributed by atoms with Crippen LogP contribution in [0.2, 0.25) is 0 Å². The fourth-order valence-corrected chi connectivity index (χ4v) is 4.38. The van der Waals surface area contributed by atoms with E-state index >= 15 is 0 Å².